The molecule has 9 heteroatoms. The molecule has 0 aliphatic carbocycles. The lowest BCUT2D eigenvalue weighted by atomic mass is 10.0. The first-order chi connectivity index (χ1) is 17.7. The van der Waals surface area contributed by atoms with E-state index in [2.05, 4.69) is 29.9 Å². The van der Waals surface area contributed by atoms with Crippen molar-refractivity contribution in [2.24, 2.45) is 4.99 Å². The molecule has 0 saturated carbocycles. The summed E-state index contributed by atoms with van der Waals surface area (Å²) in [7, 11) is -4.17. The second-order valence-corrected chi connectivity index (χ2v) is 11.0. The van der Waals surface area contributed by atoms with Gasteiger partial charge in [-0.1, -0.05) is 96.8 Å². The van der Waals surface area contributed by atoms with E-state index in [0.29, 0.717) is 13.0 Å². The highest BCUT2D eigenvalue weighted by atomic mass is 32.3. The van der Waals surface area contributed by atoms with Gasteiger partial charge in [-0.15, -0.1) is 0 Å². The lowest BCUT2D eigenvalue weighted by Gasteiger charge is -2.36. The van der Waals surface area contributed by atoms with Crippen LogP contribution in [0.5, 0.6) is 0 Å². The molecule has 0 aromatic carbocycles. The fraction of sp³-hybridized carbons (Fsp3) is 0.964. The van der Waals surface area contributed by atoms with Crippen LogP contribution in [0.15, 0.2) is 4.99 Å². The van der Waals surface area contributed by atoms with Gasteiger partial charge in [-0.25, -0.2) is 4.18 Å². The maximum atomic E-state index is 12.0. The van der Waals surface area contributed by atoms with Crippen molar-refractivity contribution in [3.63, 3.8) is 0 Å². The Labute approximate surface area is 229 Å². The highest BCUT2D eigenvalue weighted by Gasteiger charge is 2.21. The zero-order chi connectivity index (χ0) is 28.3. The van der Waals surface area contributed by atoms with Gasteiger partial charge in [-0.05, 0) is 39.5 Å². The van der Waals surface area contributed by atoms with Gasteiger partial charge in [0, 0.05) is 0 Å². The Balaban J connectivity index is 0. The molecule has 0 aromatic heterocycles. The molecule has 0 bridgehead atoms. The summed E-state index contributed by atoms with van der Waals surface area (Å²) in [6, 6.07) is 0. The third-order valence-electron chi connectivity index (χ3n) is 7.04. The van der Waals surface area contributed by atoms with Gasteiger partial charge in [0.15, 0.2) is 0 Å². The smallest absolute Gasteiger partial charge is 0.397 e. The van der Waals surface area contributed by atoms with Crippen LogP contribution in [-0.2, 0) is 14.6 Å². The van der Waals surface area contributed by atoms with Gasteiger partial charge in [-0.3, -0.25) is 9.55 Å². The first-order valence-electron chi connectivity index (χ1n) is 15.0. The van der Waals surface area contributed by atoms with Crippen LogP contribution in [0.1, 0.15) is 130 Å². The Kier molecular flexibility index (Phi) is 27.9. The van der Waals surface area contributed by atoms with Gasteiger partial charge < -0.3 is 14.7 Å². The van der Waals surface area contributed by atoms with E-state index in [4.69, 9.17) is 4.55 Å². The fourth-order valence-corrected chi connectivity index (χ4v) is 4.74. The van der Waals surface area contributed by atoms with Gasteiger partial charge in [0.25, 0.3) is 0 Å². The Morgan fingerprint density at radius 1 is 0.757 bits per heavy atom. The molecule has 0 saturated heterocycles. The largest absolute Gasteiger partial charge is 0.862 e. The zero-order valence-corrected chi connectivity index (χ0v) is 25.4. The van der Waals surface area contributed by atoms with Crippen LogP contribution in [0, 0.1) is 0 Å². The Morgan fingerprint density at radius 2 is 1.19 bits per heavy atom. The number of hydrogen-bond acceptors (Lipinski definition) is 6. The third kappa shape index (κ3) is 28.1. The van der Waals surface area contributed by atoms with Crippen LogP contribution in [0.2, 0.25) is 0 Å². The van der Waals surface area contributed by atoms with E-state index in [0.717, 1.165) is 43.5 Å². The molecule has 0 unspecified atom stereocenters. The van der Waals surface area contributed by atoms with Crippen LogP contribution in [-0.4, -0.2) is 74.4 Å². The predicted octanol–water partition coefficient (Wildman–Crippen LogP) is 5.68. The molecule has 2 N–H and O–H groups in total. The number of aliphatic hydroxyl groups is 1. The SMILES string of the molecule is CCCCCCCCCCCCCCCCCC([O-])=NCC[N+](CC)(CC)CCO.CCOS(=O)(=O)O. The Morgan fingerprint density at radius 3 is 1.51 bits per heavy atom. The maximum absolute atomic E-state index is 12.0. The molecule has 0 atom stereocenters. The van der Waals surface area contributed by atoms with Gasteiger partial charge in [0.05, 0.1) is 39.4 Å². The molecule has 0 amide bonds. The topological polar surface area (TPSA) is 119 Å². The van der Waals surface area contributed by atoms with Crippen molar-refractivity contribution in [2.75, 3.05) is 45.9 Å². The average molecular weight is 553 g/mol. The van der Waals surface area contributed by atoms with E-state index in [1.165, 1.54) is 90.4 Å². The van der Waals surface area contributed by atoms with Crippen molar-refractivity contribution in [1.82, 2.24) is 0 Å². The normalized spacial score (nSPS) is 12.4. The summed E-state index contributed by atoms with van der Waals surface area (Å²) in [6.45, 7) is 12.4. The van der Waals surface area contributed by atoms with E-state index in [1.807, 2.05) is 0 Å². The Hall–Kier alpha value is -0.740. The zero-order valence-electron chi connectivity index (χ0n) is 24.6. The van der Waals surface area contributed by atoms with Crippen LogP contribution >= 0.6 is 0 Å². The summed E-state index contributed by atoms with van der Waals surface area (Å²) in [5.74, 6) is 0.0685. The van der Waals surface area contributed by atoms with E-state index < -0.39 is 10.4 Å². The van der Waals surface area contributed by atoms with Crippen molar-refractivity contribution in [3.8, 4) is 0 Å². The summed E-state index contributed by atoms with van der Waals surface area (Å²) < 4.78 is 31.5. The lowest BCUT2D eigenvalue weighted by Crippen LogP contribution is -2.51. The molecule has 37 heavy (non-hydrogen) atoms. The number of unbranched alkanes of at least 4 members (excludes halogenated alkanes) is 14. The number of likely N-dealkylation sites (N-methyl/N-ethyl adjacent to an activating group) is 1. The van der Waals surface area contributed by atoms with Crippen molar-refractivity contribution in [3.05, 3.63) is 0 Å². The second kappa shape index (κ2) is 26.9. The summed E-state index contributed by atoms with van der Waals surface area (Å²) in [5.41, 5.74) is 0. The van der Waals surface area contributed by atoms with Crippen molar-refractivity contribution < 1.29 is 31.8 Å². The minimum absolute atomic E-state index is 0.0289. The molecule has 0 rings (SSSR count). The fourth-order valence-electron chi connectivity index (χ4n) is 4.44. The highest BCUT2D eigenvalue weighted by Crippen LogP contribution is 2.13. The number of quaternary nitrogens is 1. The second-order valence-electron chi connectivity index (χ2n) is 9.95. The van der Waals surface area contributed by atoms with Gasteiger partial charge in [0.1, 0.15) is 6.54 Å². The van der Waals surface area contributed by atoms with E-state index in [-0.39, 0.29) is 19.1 Å². The molecule has 224 valence electrons. The predicted molar refractivity (Wildman–Crippen MR) is 153 cm³/mol. The molecule has 0 aliphatic rings. The van der Waals surface area contributed by atoms with Crippen LogP contribution < -0.4 is 5.11 Å². The number of hydrogen-bond donors (Lipinski definition) is 2. The van der Waals surface area contributed by atoms with Crippen molar-refractivity contribution in [1.29, 1.82) is 0 Å². The summed E-state index contributed by atoms with van der Waals surface area (Å²) in [4.78, 5) is 4.25. The Bertz CT molecular complexity index is 610. The molecule has 8 nitrogen and oxygen atoms in total. The molecule has 0 radical (unpaired) electrons. The highest BCUT2D eigenvalue weighted by molar-refractivity contribution is 7.80. The van der Waals surface area contributed by atoms with Gasteiger partial charge >= 0.3 is 10.4 Å². The molecule has 0 spiro atoms. The first-order valence-corrected chi connectivity index (χ1v) is 16.3. The summed E-state index contributed by atoms with van der Waals surface area (Å²) in [6.07, 6.45) is 20.8. The van der Waals surface area contributed by atoms with E-state index in [9.17, 15) is 18.6 Å². The quantitative estimate of drug-likeness (QED) is 0.0494. The van der Waals surface area contributed by atoms with Crippen molar-refractivity contribution >= 4 is 16.3 Å². The van der Waals surface area contributed by atoms with Crippen LogP contribution in [0.4, 0.5) is 0 Å². The number of aliphatic imine (C=N–C) groups is 1. The van der Waals surface area contributed by atoms with Gasteiger partial charge in [-0.2, -0.15) is 8.42 Å². The molecule has 0 heterocycles. The standard InChI is InChI=1S/C26H54N2O2.C2H6O4S/c1-4-7-8-9-10-11-12-13-14-15-16-17-18-19-20-21-26(30)27-22-23-28(5-2,6-3)24-25-29;1-2-6-7(3,4)5/h29H,4-25H2,1-3H3;2H2,1H3,(H,3,4,5). The average Bonchev–Trinajstić information content (AvgIpc) is 2.85. The summed E-state index contributed by atoms with van der Waals surface area (Å²) in [5, 5.41) is 21.2. The van der Waals surface area contributed by atoms with Crippen molar-refractivity contribution in [2.45, 2.75) is 130 Å². The van der Waals surface area contributed by atoms with Crippen LogP contribution in [0.3, 0.4) is 0 Å². The minimum atomic E-state index is -4.17. The van der Waals surface area contributed by atoms with Crippen LogP contribution in [0.25, 0.3) is 0 Å². The first kappa shape index (κ1) is 38.4. The number of nitrogens with zero attached hydrogens (tertiary/aromatic N) is 2. The summed E-state index contributed by atoms with van der Waals surface area (Å²) >= 11 is 0. The van der Waals surface area contributed by atoms with E-state index in [1.54, 1.807) is 0 Å². The molecule has 0 aliphatic heterocycles. The van der Waals surface area contributed by atoms with Gasteiger partial charge in [0.2, 0.25) is 0 Å². The molecular formula is C28H60N2O6S. The van der Waals surface area contributed by atoms with E-state index >= 15 is 0 Å². The lowest BCUT2D eigenvalue weighted by molar-refractivity contribution is -0.923. The number of aliphatic hydroxyl groups excluding tert-OH is 1. The monoisotopic (exact) mass is 552 g/mol. The third-order valence-corrected chi connectivity index (χ3v) is 7.57. The molecular weight excluding hydrogens is 492 g/mol. The molecule has 0 fully saturated rings. The maximum Gasteiger partial charge on any atom is 0.397 e. The molecule has 0 aromatic rings. The number of rotatable bonds is 25. The minimum Gasteiger partial charge on any atom is -0.862 e.